The Morgan fingerprint density at radius 1 is 1.16 bits per heavy atom. The molecule has 3 rings (SSSR count). The van der Waals surface area contributed by atoms with E-state index in [4.69, 9.17) is 25.9 Å². The molecule has 0 atom stereocenters. The number of amidine groups is 1. The highest BCUT2D eigenvalue weighted by molar-refractivity contribution is 6.19. The summed E-state index contributed by atoms with van der Waals surface area (Å²) in [6.07, 6.45) is 5.26. The van der Waals surface area contributed by atoms with Crippen LogP contribution in [0, 0.1) is 0 Å². The second-order valence-corrected chi connectivity index (χ2v) is 6.63. The summed E-state index contributed by atoms with van der Waals surface area (Å²) >= 11 is 0. The van der Waals surface area contributed by atoms with E-state index in [2.05, 4.69) is 15.5 Å². The van der Waals surface area contributed by atoms with E-state index in [1.807, 2.05) is 19.1 Å². The maximum atomic E-state index is 13.4. The molecule has 3 aromatic rings. The van der Waals surface area contributed by atoms with Crippen molar-refractivity contribution in [3.8, 4) is 17.2 Å². The smallest absolute Gasteiger partial charge is 0.212 e. The quantitative estimate of drug-likeness (QED) is 0.123. The molecule has 0 aliphatic heterocycles. The minimum absolute atomic E-state index is 0.202. The zero-order valence-corrected chi connectivity index (χ0v) is 18.1. The first-order chi connectivity index (χ1) is 15.6. The number of carbonyl (C=O) groups is 1. The summed E-state index contributed by atoms with van der Waals surface area (Å²) in [5.74, 6) is 12.4. The number of ether oxygens (including phenoxy) is 3. The maximum Gasteiger partial charge on any atom is 0.212 e. The van der Waals surface area contributed by atoms with Gasteiger partial charge in [0.15, 0.2) is 17.3 Å². The maximum absolute atomic E-state index is 13.4. The van der Waals surface area contributed by atoms with Crippen LogP contribution in [0.1, 0.15) is 28.5 Å². The Balaban J connectivity index is 2.17. The van der Waals surface area contributed by atoms with Gasteiger partial charge < -0.3 is 25.5 Å². The fourth-order valence-electron chi connectivity index (χ4n) is 3.22. The molecular weight excluding hydrogens is 410 g/mol. The van der Waals surface area contributed by atoms with Crippen molar-refractivity contribution in [1.29, 1.82) is 0 Å². The van der Waals surface area contributed by atoms with E-state index >= 15 is 0 Å². The van der Waals surface area contributed by atoms with Crippen LogP contribution in [-0.2, 0) is 0 Å². The van der Waals surface area contributed by atoms with E-state index in [1.54, 1.807) is 36.4 Å². The number of benzene rings is 2. The van der Waals surface area contributed by atoms with Crippen LogP contribution in [0.3, 0.4) is 0 Å². The van der Waals surface area contributed by atoms with Crippen LogP contribution >= 0.6 is 0 Å². The fourth-order valence-corrected chi connectivity index (χ4v) is 3.22. The third-order valence-corrected chi connectivity index (χ3v) is 4.81. The van der Waals surface area contributed by atoms with Gasteiger partial charge in [-0.2, -0.15) is 5.10 Å². The Morgan fingerprint density at radius 2 is 1.88 bits per heavy atom. The third-order valence-electron chi connectivity index (χ3n) is 4.81. The van der Waals surface area contributed by atoms with Crippen LogP contribution in [0.25, 0.3) is 10.8 Å². The highest BCUT2D eigenvalue weighted by Crippen LogP contribution is 2.35. The first kappa shape index (κ1) is 22.6. The molecule has 0 amide bonds. The van der Waals surface area contributed by atoms with Gasteiger partial charge in [-0.3, -0.25) is 9.78 Å². The Kier molecular flexibility index (Phi) is 7.25. The Morgan fingerprint density at radius 3 is 2.50 bits per heavy atom. The Bertz CT molecular complexity index is 1190. The molecule has 9 heteroatoms. The molecular formula is C23H25N5O4. The zero-order chi connectivity index (χ0) is 23.1. The van der Waals surface area contributed by atoms with Gasteiger partial charge in [-0.15, -0.1) is 0 Å². The summed E-state index contributed by atoms with van der Waals surface area (Å²) < 4.78 is 16.5. The average molecular weight is 435 g/mol. The predicted molar refractivity (Wildman–Crippen MR) is 123 cm³/mol. The molecule has 9 nitrogen and oxygen atoms in total. The molecule has 0 spiro atoms. The molecule has 32 heavy (non-hydrogen) atoms. The number of nitrogens with one attached hydrogen (secondary N) is 1. The van der Waals surface area contributed by atoms with Gasteiger partial charge in [0, 0.05) is 28.1 Å². The first-order valence-corrected chi connectivity index (χ1v) is 9.76. The number of hydrogen-bond donors (Lipinski definition) is 3. The number of nitrogens with two attached hydrogens (primary N) is 2. The number of ketones is 1. The van der Waals surface area contributed by atoms with Crippen molar-refractivity contribution in [2.75, 3.05) is 20.8 Å². The summed E-state index contributed by atoms with van der Waals surface area (Å²) in [5, 5.41) is 4.81. The molecule has 5 N–H and O–H groups in total. The highest BCUT2D eigenvalue weighted by atomic mass is 16.5. The van der Waals surface area contributed by atoms with Crippen LogP contribution < -0.4 is 31.3 Å². The number of nitrogens with zero attached hydrogens (tertiary/aromatic N) is 2. The lowest BCUT2D eigenvalue weighted by Gasteiger charge is -2.15. The fraction of sp³-hybridized carbons (Fsp3) is 0.174. The number of aromatic nitrogens is 1. The average Bonchev–Trinajstić information content (AvgIpc) is 2.83. The van der Waals surface area contributed by atoms with E-state index < -0.39 is 0 Å². The molecule has 166 valence electrons. The minimum atomic E-state index is -0.280. The summed E-state index contributed by atoms with van der Waals surface area (Å²) in [6, 6.07) is 10.4. The van der Waals surface area contributed by atoms with Gasteiger partial charge in [0.2, 0.25) is 5.78 Å². The van der Waals surface area contributed by atoms with Gasteiger partial charge in [-0.05, 0) is 31.2 Å². The molecule has 0 aliphatic carbocycles. The van der Waals surface area contributed by atoms with Crippen molar-refractivity contribution in [3.05, 3.63) is 71.6 Å². The monoisotopic (exact) mass is 435 g/mol. The lowest BCUT2D eigenvalue weighted by Crippen LogP contribution is -2.32. The van der Waals surface area contributed by atoms with Crippen molar-refractivity contribution in [2.45, 2.75) is 6.92 Å². The predicted octanol–water partition coefficient (Wildman–Crippen LogP) is 2.52. The largest absolute Gasteiger partial charge is 0.493 e. The standard InChI is InChI=1S/C23H25N5O4/c1-4-5-9-32-15-8-6-7-14(10-15)22(29)21-17-12-20(31-3)19(30-2)11-16(17)18(13-26-21)23(27-24)28-25/h4-8,10-13H,9,24-25H2,1-3H3,(H,27,28)/b5-4+. The second kappa shape index (κ2) is 10.3. The SMILES string of the molecule is C/C=C/COc1cccc(C(=O)c2ncc(C(=NN)NN)c3cc(OC)c(OC)cc23)c1. The van der Waals surface area contributed by atoms with E-state index in [1.165, 1.54) is 20.4 Å². The summed E-state index contributed by atoms with van der Waals surface area (Å²) in [5.41, 5.74) is 3.61. The normalized spacial score (nSPS) is 11.6. The summed E-state index contributed by atoms with van der Waals surface area (Å²) in [7, 11) is 3.04. The summed E-state index contributed by atoms with van der Waals surface area (Å²) in [6.45, 7) is 2.32. The highest BCUT2D eigenvalue weighted by Gasteiger charge is 2.21. The Labute approximate surface area is 185 Å². The molecule has 1 aromatic heterocycles. The molecule has 0 saturated heterocycles. The minimum Gasteiger partial charge on any atom is -0.493 e. The van der Waals surface area contributed by atoms with Gasteiger partial charge in [0.05, 0.1) is 14.2 Å². The number of carbonyl (C=O) groups excluding carboxylic acids is 1. The lowest BCUT2D eigenvalue weighted by atomic mass is 9.98. The molecule has 0 radical (unpaired) electrons. The van der Waals surface area contributed by atoms with Crippen LogP contribution in [0.2, 0.25) is 0 Å². The first-order valence-electron chi connectivity index (χ1n) is 9.76. The van der Waals surface area contributed by atoms with Gasteiger partial charge in [-0.1, -0.05) is 24.3 Å². The van der Waals surface area contributed by atoms with E-state index in [0.717, 1.165) is 0 Å². The number of fused-ring (bicyclic) bond motifs is 1. The van der Waals surface area contributed by atoms with Gasteiger partial charge in [-0.25, -0.2) is 5.84 Å². The van der Waals surface area contributed by atoms with Gasteiger partial charge >= 0.3 is 0 Å². The van der Waals surface area contributed by atoms with E-state index in [0.29, 0.717) is 45.8 Å². The molecule has 0 unspecified atom stereocenters. The van der Waals surface area contributed by atoms with Crippen molar-refractivity contribution in [2.24, 2.45) is 16.8 Å². The molecule has 0 fully saturated rings. The van der Waals surface area contributed by atoms with Crippen molar-refractivity contribution < 1.29 is 19.0 Å². The molecule has 0 bridgehead atoms. The van der Waals surface area contributed by atoms with Crippen LogP contribution in [0.5, 0.6) is 17.2 Å². The number of hydrogen-bond acceptors (Lipinski definition) is 8. The molecule has 2 aromatic carbocycles. The van der Waals surface area contributed by atoms with Gasteiger partial charge in [0.25, 0.3) is 0 Å². The van der Waals surface area contributed by atoms with Crippen LogP contribution in [0.15, 0.2) is 59.8 Å². The summed E-state index contributed by atoms with van der Waals surface area (Å²) in [4.78, 5) is 17.8. The van der Waals surface area contributed by atoms with Crippen molar-refractivity contribution in [1.82, 2.24) is 10.4 Å². The topological polar surface area (TPSA) is 134 Å². The van der Waals surface area contributed by atoms with E-state index in [-0.39, 0.29) is 17.3 Å². The number of rotatable bonds is 8. The lowest BCUT2D eigenvalue weighted by molar-refractivity contribution is 0.103. The number of hydrazone groups is 1. The van der Waals surface area contributed by atoms with Crippen molar-refractivity contribution >= 4 is 22.4 Å². The number of pyridine rings is 1. The van der Waals surface area contributed by atoms with Crippen molar-refractivity contribution in [3.63, 3.8) is 0 Å². The molecule has 0 aliphatic rings. The Hall–Kier alpha value is -4.11. The third kappa shape index (κ3) is 4.47. The van der Waals surface area contributed by atoms with Crippen LogP contribution in [0.4, 0.5) is 0 Å². The zero-order valence-electron chi connectivity index (χ0n) is 18.1. The van der Waals surface area contributed by atoms with E-state index in [9.17, 15) is 4.79 Å². The van der Waals surface area contributed by atoms with Gasteiger partial charge in [0.1, 0.15) is 18.1 Å². The van der Waals surface area contributed by atoms with Crippen LogP contribution in [-0.4, -0.2) is 37.4 Å². The second-order valence-electron chi connectivity index (χ2n) is 6.63. The number of allylic oxidation sites excluding steroid dienone is 1. The molecule has 0 saturated carbocycles. The number of methoxy groups -OCH3 is 2. The number of hydrazine groups is 1. The molecule has 1 heterocycles.